The zero-order valence-electron chi connectivity index (χ0n) is 12.9. The Morgan fingerprint density at radius 1 is 1.19 bits per heavy atom. The summed E-state index contributed by atoms with van der Waals surface area (Å²) in [6.45, 7) is 7.89. The Balaban J connectivity index is 2.19. The van der Waals surface area contributed by atoms with Gasteiger partial charge in [0.1, 0.15) is 5.75 Å². The van der Waals surface area contributed by atoms with Crippen LogP contribution in [0.2, 0.25) is 0 Å². The van der Waals surface area contributed by atoms with Crippen molar-refractivity contribution in [1.29, 1.82) is 0 Å². The molecule has 0 unspecified atom stereocenters. The Hall–Kier alpha value is -2.13. The highest BCUT2D eigenvalue weighted by atomic mass is 16.5. The lowest BCUT2D eigenvalue weighted by molar-refractivity contribution is 0.460. The molecule has 0 atom stereocenters. The van der Waals surface area contributed by atoms with Crippen LogP contribution in [-0.2, 0) is 6.54 Å². The highest BCUT2D eigenvalue weighted by molar-refractivity contribution is 5.57. The molecule has 0 spiro atoms. The average Bonchev–Trinajstić information content (AvgIpc) is 2.49. The van der Waals surface area contributed by atoms with E-state index in [9.17, 15) is 0 Å². The van der Waals surface area contributed by atoms with Gasteiger partial charge >= 0.3 is 0 Å². The molecule has 0 aliphatic carbocycles. The molecule has 0 radical (unpaired) electrons. The average molecular weight is 282 g/mol. The van der Waals surface area contributed by atoms with Crippen molar-refractivity contribution in [1.82, 2.24) is 10.3 Å². The van der Waals surface area contributed by atoms with Crippen LogP contribution in [0.3, 0.4) is 0 Å². The van der Waals surface area contributed by atoms with Crippen LogP contribution >= 0.6 is 0 Å². The van der Waals surface area contributed by atoms with Gasteiger partial charge in [-0.3, -0.25) is 0 Å². The summed E-state index contributed by atoms with van der Waals surface area (Å²) in [5, 5.41) is 3.31. The van der Waals surface area contributed by atoms with E-state index in [-0.39, 0.29) is 0 Å². The Morgan fingerprint density at radius 2 is 2.00 bits per heavy atom. The molecule has 21 heavy (non-hydrogen) atoms. The lowest BCUT2D eigenvalue weighted by Crippen LogP contribution is -2.13. The minimum atomic E-state index is 0.629. The molecule has 0 fully saturated rings. The summed E-state index contributed by atoms with van der Waals surface area (Å²) in [5.41, 5.74) is 3.25. The lowest BCUT2D eigenvalue weighted by atomic mass is 10.2. The molecule has 3 nitrogen and oxygen atoms in total. The standard InChI is InChI=1S/C18H22N2O/c1-4-8-15-9-6-7-10-17(15)21-18-12-11-16(13-19-5-2)14(3)20-18/h4,6-12,19H,5,13H2,1-3H3/b8-4+. The van der Waals surface area contributed by atoms with Crippen LogP contribution in [-0.4, -0.2) is 11.5 Å². The molecule has 1 N–H and O–H groups in total. The zero-order valence-corrected chi connectivity index (χ0v) is 12.9. The molecule has 0 aliphatic heterocycles. The molecule has 1 aromatic carbocycles. The fraction of sp³-hybridized carbons (Fsp3) is 0.278. The van der Waals surface area contributed by atoms with Crippen molar-refractivity contribution in [3.8, 4) is 11.6 Å². The van der Waals surface area contributed by atoms with Gasteiger partial charge in [-0.15, -0.1) is 0 Å². The number of nitrogens with zero attached hydrogens (tertiary/aromatic N) is 1. The van der Waals surface area contributed by atoms with Gasteiger partial charge in [-0.2, -0.15) is 0 Å². The summed E-state index contributed by atoms with van der Waals surface area (Å²) >= 11 is 0. The van der Waals surface area contributed by atoms with Gasteiger partial charge < -0.3 is 10.1 Å². The largest absolute Gasteiger partial charge is 0.438 e. The number of ether oxygens (including phenoxy) is 1. The van der Waals surface area contributed by atoms with Crippen LogP contribution in [0.4, 0.5) is 0 Å². The Labute approximate surface area is 126 Å². The van der Waals surface area contributed by atoms with Crippen molar-refractivity contribution in [2.24, 2.45) is 0 Å². The second kappa shape index (κ2) is 7.60. The number of aryl methyl sites for hydroxylation is 1. The van der Waals surface area contributed by atoms with E-state index < -0.39 is 0 Å². The molecule has 0 saturated carbocycles. The van der Waals surface area contributed by atoms with Crippen LogP contribution in [0.1, 0.15) is 30.7 Å². The van der Waals surface area contributed by atoms with Crippen molar-refractivity contribution in [2.45, 2.75) is 27.3 Å². The summed E-state index contributed by atoms with van der Waals surface area (Å²) in [6.07, 6.45) is 4.03. The Morgan fingerprint density at radius 3 is 2.71 bits per heavy atom. The van der Waals surface area contributed by atoms with Crippen molar-refractivity contribution in [3.63, 3.8) is 0 Å². The highest BCUT2D eigenvalue weighted by Crippen LogP contribution is 2.25. The molecular formula is C18H22N2O. The number of hydrogen-bond acceptors (Lipinski definition) is 3. The predicted octanol–water partition coefficient (Wildman–Crippen LogP) is 4.32. The van der Waals surface area contributed by atoms with E-state index in [1.54, 1.807) is 0 Å². The van der Waals surface area contributed by atoms with E-state index in [4.69, 9.17) is 4.74 Å². The third-order valence-corrected chi connectivity index (χ3v) is 3.21. The highest BCUT2D eigenvalue weighted by Gasteiger charge is 2.05. The Kier molecular flexibility index (Phi) is 5.52. The number of aromatic nitrogens is 1. The molecule has 0 saturated heterocycles. The van der Waals surface area contributed by atoms with Gasteiger partial charge in [-0.25, -0.2) is 4.98 Å². The minimum absolute atomic E-state index is 0.629. The predicted molar refractivity (Wildman–Crippen MR) is 87.6 cm³/mol. The van der Waals surface area contributed by atoms with Gasteiger partial charge in [0.15, 0.2) is 0 Å². The summed E-state index contributed by atoms with van der Waals surface area (Å²) in [7, 11) is 0. The molecule has 0 bridgehead atoms. The first kappa shape index (κ1) is 15.3. The van der Waals surface area contributed by atoms with Gasteiger partial charge in [0.05, 0.1) is 0 Å². The van der Waals surface area contributed by atoms with Crippen LogP contribution < -0.4 is 10.1 Å². The molecule has 3 heteroatoms. The first-order valence-corrected chi connectivity index (χ1v) is 7.31. The van der Waals surface area contributed by atoms with E-state index >= 15 is 0 Å². The van der Waals surface area contributed by atoms with E-state index in [1.165, 1.54) is 5.56 Å². The van der Waals surface area contributed by atoms with Gasteiger partial charge in [-0.05, 0) is 32.0 Å². The number of nitrogens with one attached hydrogen (secondary N) is 1. The fourth-order valence-corrected chi connectivity index (χ4v) is 2.07. The van der Waals surface area contributed by atoms with Crippen molar-refractivity contribution in [3.05, 3.63) is 59.3 Å². The third-order valence-electron chi connectivity index (χ3n) is 3.21. The first-order valence-electron chi connectivity index (χ1n) is 7.31. The maximum Gasteiger partial charge on any atom is 0.219 e. The fourth-order valence-electron chi connectivity index (χ4n) is 2.07. The maximum absolute atomic E-state index is 5.92. The molecule has 110 valence electrons. The van der Waals surface area contributed by atoms with Gasteiger partial charge in [0.25, 0.3) is 0 Å². The number of hydrogen-bond donors (Lipinski definition) is 1. The summed E-state index contributed by atoms with van der Waals surface area (Å²) in [4.78, 5) is 4.54. The number of benzene rings is 1. The summed E-state index contributed by atoms with van der Waals surface area (Å²) in [5.74, 6) is 1.45. The third kappa shape index (κ3) is 4.17. The molecule has 0 aliphatic rings. The second-order valence-electron chi connectivity index (χ2n) is 4.81. The van der Waals surface area contributed by atoms with E-state index in [1.807, 2.05) is 56.3 Å². The molecule has 1 aromatic heterocycles. The van der Waals surface area contributed by atoms with Crippen molar-refractivity contribution >= 4 is 6.08 Å². The van der Waals surface area contributed by atoms with E-state index in [0.29, 0.717) is 5.88 Å². The number of para-hydroxylation sites is 1. The zero-order chi connectivity index (χ0) is 15.1. The van der Waals surface area contributed by atoms with Crippen LogP contribution in [0.25, 0.3) is 6.08 Å². The Bertz CT molecular complexity index is 620. The summed E-state index contributed by atoms with van der Waals surface area (Å²) in [6, 6.07) is 11.9. The SMILES string of the molecule is C/C=C/c1ccccc1Oc1ccc(CNCC)c(C)n1. The molecule has 0 amide bonds. The number of allylic oxidation sites excluding steroid dienone is 1. The smallest absolute Gasteiger partial charge is 0.219 e. The van der Waals surface area contributed by atoms with Gasteiger partial charge in [-0.1, -0.05) is 43.3 Å². The molecular weight excluding hydrogens is 260 g/mol. The number of rotatable bonds is 6. The second-order valence-corrected chi connectivity index (χ2v) is 4.81. The van der Waals surface area contributed by atoms with E-state index in [0.717, 1.165) is 30.1 Å². The quantitative estimate of drug-likeness (QED) is 0.856. The van der Waals surface area contributed by atoms with Crippen LogP contribution in [0.15, 0.2) is 42.5 Å². The van der Waals surface area contributed by atoms with Crippen molar-refractivity contribution < 1.29 is 4.74 Å². The topological polar surface area (TPSA) is 34.1 Å². The monoisotopic (exact) mass is 282 g/mol. The first-order chi connectivity index (χ1) is 10.2. The molecule has 2 aromatic rings. The normalized spacial score (nSPS) is 11.0. The maximum atomic E-state index is 5.92. The molecule has 2 rings (SSSR count). The minimum Gasteiger partial charge on any atom is -0.438 e. The van der Waals surface area contributed by atoms with Crippen LogP contribution in [0, 0.1) is 6.92 Å². The number of pyridine rings is 1. The van der Waals surface area contributed by atoms with Crippen molar-refractivity contribution in [2.75, 3.05) is 6.54 Å². The summed E-state index contributed by atoms with van der Waals surface area (Å²) < 4.78 is 5.92. The van der Waals surface area contributed by atoms with Crippen LogP contribution in [0.5, 0.6) is 11.6 Å². The van der Waals surface area contributed by atoms with Gasteiger partial charge in [0, 0.05) is 23.9 Å². The van der Waals surface area contributed by atoms with E-state index in [2.05, 4.69) is 23.3 Å². The lowest BCUT2D eigenvalue weighted by Gasteiger charge is -2.11. The molecule has 1 heterocycles. The van der Waals surface area contributed by atoms with Gasteiger partial charge in [0.2, 0.25) is 5.88 Å².